The molecule has 2 atom stereocenters. The van der Waals surface area contributed by atoms with Crippen molar-refractivity contribution in [3.63, 3.8) is 0 Å². The molecule has 0 spiro atoms. The van der Waals surface area contributed by atoms with Crippen molar-refractivity contribution in [2.75, 3.05) is 0 Å². The Morgan fingerprint density at radius 1 is 1.08 bits per heavy atom. The highest BCUT2D eigenvalue weighted by Crippen LogP contribution is 2.29. The Hall–Kier alpha value is -2.62. The molecule has 4 nitrogen and oxygen atoms in total. The molecule has 4 heteroatoms. The summed E-state index contributed by atoms with van der Waals surface area (Å²) in [5.74, 6) is -0.00258. The molecule has 1 aromatic heterocycles. The SMILES string of the molecule is CCC(C)NC(=O)C(C)n1nc(-c2ccccc2)c2ccccc21. The van der Waals surface area contributed by atoms with Crippen molar-refractivity contribution in [1.82, 2.24) is 15.1 Å². The lowest BCUT2D eigenvalue weighted by atomic mass is 10.1. The fourth-order valence-electron chi connectivity index (χ4n) is 2.77. The van der Waals surface area contributed by atoms with Gasteiger partial charge in [-0.25, -0.2) is 0 Å². The number of aromatic nitrogens is 2. The van der Waals surface area contributed by atoms with Crippen molar-refractivity contribution in [3.05, 3.63) is 54.6 Å². The second-order valence-electron chi connectivity index (χ2n) is 6.17. The van der Waals surface area contributed by atoms with Gasteiger partial charge in [-0.05, 0) is 26.3 Å². The van der Waals surface area contributed by atoms with Gasteiger partial charge in [0.25, 0.3) is 0 Å². The maximum atomic E-state index is 12.5. The third kappa shape index (κ3) is 3.04. The molecule has 0 fully saturated rings. The minimum absolute atomic E-state index is 0.00258. The smallest absolute Gasteiger partial charge is 0.244 e. The van der Waals surface area contributed by atoms with Crippen LogP contribution in [-0.4, -0.2) is 21.7 Å². The number of carbonyl (C=O) groups excluding carboxylic acids is 1. The molecule has 0 bridgehead atoms. The molecule has 0 aliphatic heterocycles. The van der Waals surface area contributed by atoms with Gasteiger partial charge in [0.1, 0.15) is 11.7 Å². The van der Waals surface area contributed by atoms with Crippen LogP contribution in [0, 0.1) is 0 Å². The first-order valence-corrected chi connectivity index (χ1v) is 8.44. The van der Waals surface area contributed by atoms with E-state index in [-0.39, 0.29) is 18.0 Å². The Kier molecular flexibility index (Phi) is 4.65. The van der Waals surface area contributed by atoms with Gasteiger partial charge in [0, 0.05) is 17.0 Å². The number of fused-ring (bicyclic) bond motifs is 1. The Labute approximate surface area is 142 Å². The number of hydrogen-bond donors (Lipinski definition) is 1. The quantitative estimate of drug-likeness (QED) is 0.766. The van der Waals surface area contributed by atoms with Gasteiger partial charge < -0.3 is 5.32 Å². The van der Waals surface area contributed by atoms with Gasteiger partial charge >= 0.3 is 0 Å². The second kappa shape index (κ2) is 6.87. The zero-order valence-electron chi connectivity index (χ0n) is 14.4. The summed E-state index contributed by atoms with van der Waals surface area (Å²) in [7, 11) is 0. The largest absolute Gasteiger partial charge is 0.352 e. The maximum Gasteiger partial charge on any atom is 0.244 e. The number of para-hydroxylation sites is 1. The van der Waals surface area contributed by atoms with Crippen LogP contribution in [-0.2, 0) is 4.79 Å². The van der Waals surface area contributed by atoms with E-state index in [1.165, 1.54) is 0 Å². The van der Waals surface area contributed by atoms with Crippen LogP contribution >= 0.6 is 0 Å². The van der Waals surface area contributed by atoms with Crippen molar-refractivity contribution < 1.29 is 4.79 Å². The molecule has 1 amide bonds. The normalized spacial score (nSPS) is 13.6. The highest BCUT2D eigenvalue weighted by molar-refractivity contribution is 5.94. The molecule has 3 rings (SSSR count). The number of carbonyl (C=O) groups is 1. The van der Waals surface area contributed by atoms with E-state index in [4.69, 9.17) is 5.10 Å². The van der Waals surface area contributed by atoms with Gasteiger partial charge in [-0.15, -0.1) is 0 Å². The zero-order chi connectivity index (χ0) is 17.1. The molecule has 124 valence electrons. The van der Waals surface area contributed by atoms with Crippen molar-refractivity contribution >= 4 is 16.8 Å². The molecule has 0 saturated carbocycles. The third-order valence-electron chi connectivity index (χ3n) is 4.41. The number of nitrogens with zero attached hydrogens (tertiary/aromatic N) is 2. The van der Waals surface area contributed by atoms with Gasteiger partial charge in [-0.2, -0.15) is 5.10 Å². The van der Waals surface area contributed by atoms with Crippen LogP contribution in [0.25, 0.3) is 22.2 Å². The molecule has 2 unspecified atom stereocenters. The van der Waals surface area contributed by atoms with Crippen LogP contribution in [0.15, 0.2) is 54.6 Å². The summed E-state index contributed by atoms with van der Waals surface area (Å²) < 4.78 is 1.83. The van der Waals surface area contributed by atoms with Gasteiger partial charge in [-0.3, -0.25) is 9.48 Å². The van der Waals surface area contributed by atoms with Gasteiger partial charge in [0.05, 0.1) is 5.52 Å². The first-order chi connectivity index (χ1) is 11.6. The van der Waals surface area contributed by atoms with E-state index in [1.54, 1.807) is 0 Å². The van der Waals surface area contributed by atoms with E-state index < -0.39 is 0 Å². The van der Waals surface area contributed by atoms with Crippen molar-refractivity contribution in [1.29, 1.82) is 0 Å². The number of nitrogens with one attached hydrogen (secondary N) is 1. The molecular weight excluding hydrogens is 298 g/mol. The Morgan fingerprint density at radius 2 is 1.75 bits per heavy atom. The molecule has 2 aromatic carbocycles. The van der Waals surface area contributed by atoms with E-state index in [9.17, 15) is 4.79 Å². The van der Waals surface area contributed by atoms with Crippen LogP contribution < -0.4 is 5.32 Å². The fourth-order valence-corrected chi connectivity index (χ4v) is 2.77. The zero-order valence-corrected chi connectivity index (χ0v) is 14.4. The van der Waals surface area contributed by atoms with Crippen molar-refractivity contribution in [2.24, 2.45) is 0 Å². The standard InChI is InChI=1S/C20H23N3O/c1-4-14(2)21-20(24)15(3)23-18-13-9-8-12-17(18)19(22-23)16-10-6-5-7-11-16/h5-15H,4H2,1-3H3,(H,21,24). The molecule has 0 saturated heterocycles. The summed E-state index contributed by atoms with van der Waals surface area (Å²) in [5, 5.41) is 8.87. The first kappa shape index (κ1) is 16.2. The molecule has 24 heavy (non-hydrogen) atoms. The van der Waals surface area contributed by atoms with Crippen molar-refractivity contribution in [3.8, 4) is 11.3 Å². The monoisotopic (exact) mass is 321 g/mol. The summed E-state index contributed by atoms with van der Waals surface area (Å²) in [6.45, 7) is 5.97. The molecule has 1 N–H and O–H groups in total. The summed E-state index contributed by atoms with van der Waals surface area (Å²) in [5.41, 5.74) is 2.94. The number of rotatable bonds is 5. The summed E-state index contributed by atoms with van der Waals surface area (Å²) >= 11 is 0. The minimum Gasteiger partial charge on any atom is -0.352 e. The predicted octanol–water partition coefficient (Wildman–Crippen LogP) is 4.18. The van der Waals surface area contributed by atoms with E-state index >= 15 is 0 Å². The average Bonchev–Trinajstić information content (AvgIpc) is 3.01. The van der Waals surface area contributed by atoms with E-state index in [0.717, 1.165) is 28.6 Å². The van der Waals surface area contributed by atoms with Crippen LogP contribution in [0.3, 0.4) is 0 Å². The topological polar surface area (TPSA) is 46.9 Å². The third-order valence-corrected chi connectivity index (χ3v) is 4.41. The van der Waals surface area contributed by atoms with Gasteiger partial charge in [-0.1, -0.05) is 55.5 Å². The first-order valence-electron chi connectivity index (χ1n) is 8.44. The Balaban J connectivity index is 2.04. The Bertz CT molecular complexity index is 838. The van der Waals surface area contributed by atoms with Crippen molar-refractivity contribution in [2.45, 2.75) is 39.3 Å². The van der Waals surface area contributed by atoms with Crippen LogP contribution in [0.4, 0.5) is 0 Å². The molecule has 3 aromatic rings. The molecule has 0 aliphatic rings. The predicted molar refractivity (Wildman–Crippen MR) is 97.8 cm³/mol. The van der Waals surface area contributed by atoms with E-state index in [1.807, 2.05) is 67.1 Å². The molecule has 0 aliphatic carbocycles. The maximum absolute atomic E-state index is 12.5. The number of hydrogen-bond acceptors (Lipinski definition) is 2. The van der Waals surface area contributed by atoms with E-state index in [2.05, 4.69) is 18.3 Å². The number of amides is 1. The molecular formula is C20H23N3O. The summed E-state index contributed by atoms with van der Waals surface area (Å²) in [4.78, 5) is 12.5. The fraction of sp³-hybridized carbons (Fsp3) is 0.300. The summed E-state index contributed by atoms with van der Waals surface area (Å²) in [6, 6.07) is 17.9. The summed E-state index contributed by atoms with van der Waals surface area (Å²) in [6.07, 6.45) is 0.910. The average molecular weight is 321 g/mol. The molecule has 1 heterocycles. The van der Waals surface area contributed by atoms with Crippen LogP contribution in [0.2, 0.25) is 0 Å². The number of benzene rings is 2. The van der Waals surface area contributed by atoms with E-state index in [0.29, 0.717) is 0 Å². The highest BCUT2D eigenvalue weighted by atomic mass is 16.2. The molecule has 0 radical (unpaired) electrons. The van der Waals surface area contributed by atoms with Gasteiger partial charge in [0.2, 0.25) is 5.91 Å². The minimum atomic E-state index is -0.360. The van der Waals surface area contributed by atoms with Gasteiger partial charge in [0.15, 0.2) is 0 Å². The van der Waals surface area contributed by atoms with Crippen LogP contribution in [0.1, 0.15) is 33.2 Å². The highest BCUT2D eigenvalue weighted by Gasteiger charge is 2.21. The Morgan fingerprint density at radius 3 is 2.46 bits per heavy atom. The lowest BCUT2D eigenvalue weighted by molar-refractivity contribution is -0.124. The second-order valence-corrected chi connectivity index (χ2v) is 6.17. The lowest BCUT2D eigenvalue weighted by Crippen LogP contribution is -2.37. The lowest BCUT2D eigenvalue weighted by Gasteiger charge is -2.17. The van der Waals surface area contributed by atoms with Crippen LogP contribution in [0.5, 0.6) is 0 Å².